The van der Waals surface area contributed by atoms with Crippen LogP contribution in [0.25, 0.3) is 0 Å². The van der Waals surface area contributed by atoms with Crippen LogP contribution in [-0.4, -0.2) is 6.54 Å². The second kappa shape index (κ2) is 12.7. The molecule has 0 aromatic heterocycles. The first-order chi connectivity index (χ1) is 6.91. The van der Waals surface area contributed by atoms with Crippen molar-refractivity contribution in [2.75, 3.05) is 6.54 Å². The summed E-state index contributed by atoms with van der Waals surface area (Å²) in [6, 6.07) is 0. The normalized spacial score (nSPS) is 11.3. The Bertz CT molecular complexity index is 118. The zero-order valence-electron chi connectivity index (χ0n) is 9.80. The van der Waals surface area contributed by atoms with Gasteiger partial charge in [-0.15, -0.1) is 0 Å². The highest BCUT2D eigenvalue weighted by Gasteiger charge is 1.86. The first-order valence-electron chi connectivity index (χ1n) is 6.27. The number of unbranched alkanes of at least 4 members (excludes halogenated alkanes) is 7. The molecule has 0 fully saturated rings. The summed E-state index contributed by atoms with van der Waals surface area (Å²) in [5.74, 6) is 0. The first kappa shape index (κ1) is 13.7. The minimum absolute atomic E-state index is 0.838. The second-order valence-electron chi connectivity index (χ2n) is 3.96. The van der Waals surface area contributed by atoms with Crippen molar-refractivity contribution < 1.29 is 0 Å². The highest BCUT2D eigenvalue weighted by Crippen LogP contribution is 2.06. The van der Waals surface area contributed by atoms with Gasteiger partial charge in [0, 0.05) is 0 Å². The molecule has 0 amide bonds. The van der Waals surface area contributed by atoms with Crippen LogP contribution in [-0.2, 0) is 0 Å². The Morgan fingerprint density at radius 3 is 1.93 bits per heavy atom. The fourth-order valence-electron chi connectivity index (χ4n) is 1.51. The lowest BCUT2D eigenvalue weighted by molar-refractivity contribution is 0.636. The second-order valence-corrected chi connectivity index (χ2v) is 3.96. The van der Waals surface area contributed by atoms with Gasteiger partial charge < -0.3 is 5.73 Å². The average molecular weight is 197 g/mol. The molecule has 0 bridgehead atoms. The maximum atomic E-state index is 5.41. The van der Waals surface area contributed by atoms with Gasteiger partial charge in [-0.05, 0) is 38.6 Å². The Kier molecular flexibility index (Phi) is 12.4. The van der Waals surface area contributed by atoms with Crippen molar-refractivity contribution in [1.82, 2.24) is 0 Å². The van der Waals surface area contributed by atoms with Crippen molar-refractivity contribution in [3.63, 3.8) is 0 Å². The van der Waals surface area contributed by atoms with Crippen LogP contribution in [0.3, 0.4) is 0 Å². The molecule has 14 heavy (non-hydrogen) atoms. The summed E-state index contributed by atoms with van der Waals surface area (Å²) in [5, 5.41) is 0. The molecule has 0 aromatic carbocycles. The summed E-state index contributed by atoms with van der Waals surface area (Å²) in [4.78, 5) is 0. The smallest absolute Gasteiger partial charge is 0.00772 e. The Morgan fingerprint density at radius 2 is 1.36 bits per heavy atom. The van der Waals surface area contributed by atoms with Crippen molar-refractivity contribution in [1.29, 1.82) is 0 Å². The topological polar surface area (TPSA) is 26.0 Å². The average Bonchev–Trinajstić information content (AvgIpc) is 2.21. The number of hydrogen-bond donors (Lipinski definition) is 1. The van der Waals surface area contributed by atoms with Crippen molar-refractivity contribution in [3.05, 3.63) is 12.2 Å². The van der Waals surface area contributed by atoms with Crippen LogP contribution < -0.4 is 5.73 Å². The van der Waals surface area contributed by atoms with Gasteiger partial charge in [0.1, 0.15) is 0 Å². The van der Waals surface area contributed by atoms with E-state index in [0.29, 0.717) is 0 Å². The first-order valence-corrected chi connectivity index (χ1v) is 6.27. The monoisotopic (exact) mass is 197 g/mol. The molecule has 0 aromatic rings. The van der Waals surface area contributed by atoms with Crippen LogP contribution >= 0.6 is 0 Å². The standard InChI is InChI=1S/C13H27N/c1-2-3-4-5-6-7-8-9-10-11-12-13-14/h8-9H,2-7,10-14H2,1H3. The van der Waals surface area contributed by atoms with E-state index in [1.165, 1.54) is 57.8 Å². The lowest BCUT2D eigenvalue weighted by atomic mass is 10.1. The van der Waals surface area contributed by atoms with E-state index in [9.17, 15) is 0 Å². The fraction of sp³-hybridized carbons (Fsp3) is 0.846. The van der Waals surface area contributed by atoms with Crippen LogP contribution in [0.5, 0.6) is 0 Å². The predicted octanol–water partition coefficient (Wildman–Crippen LogP) is 4.03. The molecule has 1 heteroatoms. The zero-order chi connectivity index (χ0) is 10.5. The Labute approximate surface area is 89.8 Å². The summed E-state index contributed by atoms with van der Waals surface area (Å²) in [5.41, 5.74) is 5.41. The van der Waals surface area contributed by atoms with E-state index in [-0.39, 0.29) is 0 Å². The molecule has 0 atom stereocenters. The lowest BCUT2D eigenvalue weighted by Gasteiger charge is -1.96. The van der Waals surface area contributed by atoms with Crippen LogP contribution in [0, 0.1) is 0 Å². The molecule has 0 aliphatic heterocycles. The van der Waals surface area contributed by atoms with E-state index in [0.717, 1.165) is 6.54 Å². The highest BCUT2D eigenvalue weighted by atomic mass is 14.5. The molecule has 0 radical (unpaired) electrons. The van der Waals surface area contributed by atoms with Gasteiger partial charge in [-0.2, -0.15) is 0 Å². The molecule has 0 saturated heterocycles. The minimum atomic E-state index is 0.838. The maximum absolute atomic E-state index is 5.41. The molecular weight excluding hydrogens is 170 g/mol. The molecule has 0 heterocycles. The molecule has 0 aliphatic rings. The van der Waals surface area contributed by atoms with Gasteiger partial charge in [0.05, 0.1) is 0 Å². The molecule has 84 valence electrons. The van der Waals surface area contributed by atoms with Crippen LogP contribution in [0.2, 0.25) is 0 Å². The van der Waals surface area contributed by atoms with Crippen molar-refractivity contribution >= 4 is 0 Å². The third kappa shape index (κ3) is 11.7. The third-order valence-corrected chi connectivity index (χ3v) is 2.47. The van der Waals surface area contributed by atoms with Crippen LogP contribution in [0.1, 0.15) is 64.7 Å². The van der Waals surface area contributed by atoms with Crippen LogP contribution in [0.4, 0.5) is 0 Å². The number of allylic oxidation sites excluding steroid dienone is 2. The molecule has 0 spiro atoms. The van der Waals surface area contributed by atoms with E-state index in [1.54, 1.807) is 0 Å². The van der Waals surface area contributed by atoms with E-state index in [4.69, 9.17) is 5.73 Å². The molecule has 0 unspecified atom stereocenters. The summed E-state index contributed by atoms with van der Waals surface area (Å²) < 4.78 is 0. The number of hydrogen-bond acceptors (Lipinski definition) is 1. The molecule has 2 N–H and O–H groups in total. The van der Waals surface area contributed by atoms with Gasteiger partial charge in [0.2, 0.25) is 0 Å². The van der Waals surface area contributed by atoms with Crippen LogP contribution in [0.15, 0.2) is 12.2 Å². The van der Waals surface area contributed by atoms with Gasteiger partial charge in [0.25, 0.3) is 0 Å². The van der Waals surface area contributed by atoms with Gasteiger partial charge in [-0.3, -0.25) is 0 Å². The molecule has 0 rings (SSSR count). The van der Waals surface area contributed by atoms with E-state index >= 15 is 0 Å². The Morgan fingerprint density at radius 1 is 0.786 bits per heavy atom. The zero-order valence-corrected chi connectivity index (χ0v) is 9.80. The van der Waals surface area contributed by atoms with Crippen molar-refractivity contribution in [2.45, 2.75) is 64.7 Å². The Balaban J connectivity index is 2.96. The van der Waals surface area contributed by atoms with E-state index in [2.05, 4.69) is 19.1 Å². The maximum Gasteiger partial charge on any atom is -0.00772 e. The molecular formula is C13H27N. The van der Waals surface area contributed by atoms with Crippen molar-refractivity contribution in [2.24, 2.45) is 5.73 Å². The van der Waals surface area contributed by atoms with Gasteiger partial charge in [-0.1, -0.05) is 44.8 Å². The summed E-state index contributed by atoms with van der Waals surface area (Å²) in [7, 11) is 0. The highest BCUT2D eigenvalue weighted by molar-refractivity contribution is 4.81. The number of rotatable bonds is 10. The SMILES string of the molecule is CCCCCCCC=CCCCCN. The Hall–Kier alpha value is -0.300. The summed E-state index contributed by atoms with van der Waals surface area (Å²) in [6.07, 6.45) is 16.5. The lowest BCUT2D eigenvalue weighted by Crippen LogP contribution is -1.96. The predicted molar refractivity (Wildman–Crippen MR) is 65.4 cm³/mol. The quantitative estimate of drug-likeness (QED) is 0.415. The van der Waals surface area contributed by atoms with Gasteiger partial charge >= 0.3 is 0 Å². The summed E-state index contributed by atoms with van der Waals surface area (Å²) >= 11 is 0. The molecule has 0 saturated carbocycles. The molecule has 0 aliphatic carbocycles. The number of nitrogens with two attached hydrogens (primary N) is 1. The minimum Gasteiger partial charge on any atom is -0.330 e. The molecule has 1 nitrogen and oxygen atoms in total. The fourth-order valence-corrected chi connectivity index (χ4v) is 1.51. The largest absolute Gasteiger partial charge is 0.330 e. The van der Waals surface area contributed by atoms with Crippen molar-refractivity contribution in [3.8, 4) is 0 Å². The third-order valence-electron chi connectivity index (χ3n) is 2.47. The van der Waals surface area contributed by atoms with E-state index in [1.807, 2.05) is 0 Å². The van der Waals surface area contributed by atoms with Gasteiger partial charge in [0.15, 0.2) is 0 Å². The van der Waals surface area contributed by atoms with E-state index < -0.39 is 0 Å². The van der Waals surface area contributed by atoms with Gasteiger partial charge in [-0.25, -0.2) is 0 Å². The summed E-state index contributed by atoms with van der Waals surface area (Å²) in [6.45, 7) is 3.10.